The van der Waals surface area contributed by atoms with Crippen LogP contribution in [0.3, 0.4) is 0 Å². The topological polar surface area (TPSA) is 26.3 Å². The van der Waals surface area contributed by atoms with Crippen LogP contribution in [0.5, 0.6) is 5.75 Å². The van der Waals surface area contributed by atoms with Crippen molar-refractivity contribution < 1.29 is 9.53 Å². The first kappa shape index (κ1) is 35.1. The lowest BCUT2D eigenvalue weighted by Gasteiger charge is -2.18. The van der Waals surface area contributed by atoms with E-state index in [4.69, 9.17) is 4.74 Å². The molecule has 0 radical (unpaired) electrons. The number of aldehydes is 1. The number of carbonyl (C=O) groups is 1. The predicted molar refractivity (Wildman–Crippen MR) is 238 cm³/mol. The Morgan fingerprint density at radius 3 is 1.00 bits per heavy atom. The quantitative estimate of drug-likeness (QED) is 0.130. The normalized spacial score (nSPS) is 11.0. The Kier molecular flexibility index (Phi) is 9.81. The van der Waals surface area contributed by atoms with Crippen LogP contribution in [-0.2, 0) is 0 Å². The summed E-state index contributed by atoms with van der Waals surface area (Å²) in [5, 5.41) is 0. The monoisotopic (exact) mass is 756 g/mol. The number of methoxy groups -OCH3 is 1. The van der Waals surface area contributed by atoms with Crippen molar-refractivity contribution in [3.8, 4) is 92.0 Å². The van der Waals surface area contributed by atoms with Gasteiger partial charge in [-0.15, -0.1) is 22.7 Å². The van der Waals surface area contributed by atoms with Gasteiger partial charge in [0.05, 0.1) is 7.11 Å². The molecule has 7 aromatic carbocycles. The molecule has 0 fully saturated rings. The molecule has 56 heavy (non-hydrogen) atoms. The minimum absolute atomic E-state index is 0.595. The van der Waals surface area contributed by atoms with E-state index in [9.17, 15) is 4.79 Å². The summed E-state index contributed by atoms with van der Waals surface area (Å²) in [6, 6.07) is 67.4. The minimum atomic E-state index is 0.595. The Labute approximate surface area is 335 Å². The van der Waals surface area contributed by atoms with Gasteiger partial charge < -0.3 is 4.74 Å². The van der Waals surface area contributed by atoms with Crippen molar-refractivity contribution >= 4 is 29.0 Å². The third kappa shape index (κ3) is 6.49. The van der Waals surface area contributed by atoms with E-state index in [-0.39, 0.29) is 0 Å². The highest BCUT2D eigenvalue weighted by Gasteiger charge is 2.29. The molecule has 4 heteroatoms. The van der Waals surface area contributed by atoms with Crippen molar-refractivity contribution in [1.29, 1.82) is 0 Å². The van der Waals surface area contributed by atoms with Gasteiger partial charge in [-0.3, -0.25) is 4.79 Å². The molecule has 0 unspecified atom stereocenters. The molecule has 0 bridgehead atoms. The highest BCUT2D eigenvalue weighted by molar-refractivity contribution is 7.20. The number of benzene rings is 7. The molecule has 0 amide bonds. The van der Waals surface area contributed by atoms with Crippen molar-refractivity contribution in [2.75, 3.05) is 7.11 Å². The minimum Gasteiger partial charge on any atom is -0.496 e. The Morgan fingerprint density at radius 2 is 0.679 bits per heavy atom. The predicted octanol–water partition coefficient (Wildman–Crippen LogP) is 15.0. The van der Waals surface area contributed by atoms with Crippen molar-refractivity contribution in [2.45, 2.75) is 0 Å². The van der Waals surface area contributed by atoms with Crippen LogP contribution in [0.1, 0.15) is 10.4 Å². The molecule has 0 saturated heterocycles. The van der Waals surface area contributed by atoms with Crippen LogP contribution < -0.4 is 4.74 Å². The molecular weight excluding hydrogens is 721 g/mol. The molecule has 0 aliphatic heterocycles. The molecule has 268 valence electrons. The number of rotatable bonds is 10. The maximum atomic E-state index is 13.7. The number of hydrogen-bond donors (Lipinski definition) is 0. The zero-order valence-corrected chi connectivity index (χ0v) is 32.3. The Bertz CT molecular complexity index is 2750. The van der Waals surface area contributed by atoms with E-state index < -0.39 is 0 Å². The number of hydrogen-bond acceptors (Lipinski definition) is 4. The lowest BCUT2D eigenvalue weighted by atomic mass is 9.86. The average Bonchev–Trinajstić information content (AvgIpc) is 3.88. The van der Waals surface area contributed by atoms with Crippen LogP contribution in [0.25, 0.3) is 86.3 Å². The molecule has 0 aliphatic carbocycles. The van der Waals surface area contributed by atoms with Gasteiger partial charge in [-0.25, -0.2) is 0 Å². The summed E-state index contributed by atoms with van der Waals surface area (Å²) < 4.78 is 6.43. The van der Waals surface area contributed by atoms with Crippen molar-refractivity contribution in [3.63, 3.8) is 0 Å². The van der Waals surface area contributed by atoms with Crippen molar-refractivity contribution in [1.82, 2.24) is 0 Å². The zero-order valence-electron chi connectivity index (χ0n) is 30.7. The van der Waals surface area contributed by atoms with Gasteiger partial charge in [0.2, 0.25) is 0 Å². The smallest absolute Gasteiger partial charge is 0.150 e. The van der Waals surface area contributed by atoms with Crippen LogP contribution >= 0.6 is 22.7 Å². The van der Waals surface area contributed by atoms with Gasteiger partial charge in [-0.1, -0.05) is 182 Å². The lowest BCUT2D eigenvalue weighted by Crippen LogP contribution is -1.97. The van der Waals surface area contributed by atoms with Crippen LogP contribution in [0, 0.1) is 0 Å². The summed E-state index contributed by atoms with van der Waals surface area (Å²) in [4.78, 5) is 18.2. The van der Waals surface area contributed by atoms with Gasteiger partial charge in [0.25, 0.3) is 0 Å². The van der Waals surface area contributed by atoms with E-state index in [1.54, 1.807) is 29.8 Å². The summed E-state index contributed by atoms with van der Waals surface area (Å²) in [6.45, 7) is 0. The van der Waals surface area contributed by atoms with E-state index in [1.165, 1.54) is 0 Å². The largest absolute Gasteiger partial charge is 0.496 e. The summed E-state index contributed by atoms with van der Waals surface area (Å²) in [5.74, 6) is 0.697. The van der Waals surface area contributed by atoms with Gasteiger partial charge in [-0.2, -0.15) is 0 Å². The third-order valence-electron chi connectivity index (χ3n) is 10.1. The van der Waals surface area contributed by atoms with Gasteiger partial charge in [0, 0.05) is 52.9 Å². The van der Waals surface area contributed by atoms with Crippen molar-refractivity contribution in [3.05, 3.63) is 200 Å². The van der Waals surface area contributed by atoms with E-state index in [2.05, 4.69) is 170 Å². The first-order valence-corrected chi connectivity index (χ1v) is 20.2. The maximum Gasteiger partial charge on any atom is 0.150 e. The first-order chi connectivity index (χ1) is 27.7. The Balaban J connectivity index is 1.38. The van der Waals surface area contributed by atoms with E-state index in [1.807, 2.05) is 24.3 Å². The van der Waals surface area contributed by atoms with Gasteiger partial charge >= 0.3 is 0 Å². The number of thiophene rings is 2. The van der Waals surface area contributed by atoms with Gasteiger partial charge in [-0.05, 0) is 51.1 Å². The van der Waals surface area contributed by atoms with E-state index >= 15 is 0 Å². The number of carbonyl (C=O) groups excluding carboxylic acids is 1. The highest BCUT2D eigenvalue weighted by atomic mass is 32.1. The van der Waals surface area contributed by atoms with Gasteiger partial charge in [0.15, 0.2) is 6.29 Å². The molecule has 0 spiro atoms. The molecular formula is C52H36O2S2. The van der Waals surface area contributed by atoms with E-state index in [0.717, 1.165) is 92.6 Å². The lowest BCUT2D eigenvalue weighted by molar-refractivity contribution is 0.112. The van der Waals surface area contributed by atoms with Crippen LogP contribution in [0.4, 0.5) is 0 Å². The summed E-state index contributed by atoms with van der Waals surface area (Å²) in [6.07, 6.45) is 1.01. The molecule has 9 rings (SSSR count). The molecule has 0 aliphatic rings. The second-order valence-corrected chi connectivity index (χ2v) is 15.5. The Morgan fingerprint density at radius 1 is 0.375 bits per heavy atom. The zero-order chi connectivity index (χ0) is 37.8. The van der Waals surface area contributed by atoms with Crippen LogP contribution in [0.15, 0.2) is 194 Å². The summed E-state index contributed by atoms with van der Waals surface area (Å²) in [5.41, 5.74) is 13.2. The summed E-state index contributed by atoms with van der Waals surface area (Å²) >= 11 is 3.53. The van der Waals surface area contributed by atoms with Crippen LogP contribution in [0.2, 0.25) is 0 Å². The molecule has 9 aromatic rings. The molecule has 2 aromatic heterocycles. The second kappa shape index (κ2) is 15.6. The molecule has 0 atom stereocenters. The average molecular weight is 757 g/mol. The third-order valence-corrected chi connectivity index (χ3v) is 12.7. The second-order valence-electron chi connectivity index (χ2n) is 13.5. The Hall–Kier alpha value is -6.59. The van der Waals surface area contributed by atoms with Crippen molar-refractivity contribution in [2.24, 2.45) is 0 Å². The standard InChI is InChI=1S/C52H36O2S2/c1-54-44-33-42(47-45(35-20-8-2-9-21-35)49(37-24-12-4-13-25-37)55-51(47)39-28-16-6-17-29-39)41(34-53)32-43(44)48-46(36-22-10-3-11-23-36)50(38-26-14-5-15-27-38)56-52(48)40-30-18-7-19-31-40/h2-34H,1H3. The molecule has 2 heterocycles. The van der Waals surface area contributed by atoms with E-state index in [0.29, 0.717) is 11.3 Å². The fraction of sp³-hybridized carbons (Fsp3) is 0.0192. The molecule has 2 nitrogen and oxygen atoms in total. The fourth-order valence-corrected chi connectivity index (χ4v) is 10.3. The highest BCUT2D eigenvalue weighted by Crippen LogP contribution is 2.57. The molecule has 0 N–H and O–H groups in total. The first-order valence-electron chi connectivity index (χ1n) is 18.6. The summed E-state index contributed by atoms with van der Waals surface area (Å²) in [7, 11) is 1.73. The molecule has 0 saturated carbocycles. The maximum absolute atomic E-state index is 13.7. The SMILES string of the molecule is COc1cc(-c2c(-c3ccccc3)sc(-c3ccccc3)c2-c2ccccc2)c(C=O)cc1-c1c(-c2ccccc2)sc(-c2ccccc2)c1-c1ccccc1. The van der Waals surface area contributed by atoms with Crippen LogP contribution in [-0.4, -0.2) is 13.4 Å². The van der Waals surface area contributed by atoms with Gasteiger partial charge in [0.1, 0.15) is 5.75 Å². The number of ether oxygens (including phenoxy) is 1. The fourth-order valence-electron chi connectivity index (χ4n) is 7.58.